The van der Waals surface area contributed by atoms with Crippen LogP contribution in [0.3, 0.4) is 0 Å². The van der Waals surface area contributed by atoms with E-state index in [1.54, 1.807) is 7.11 Å². The normalized spacial score (nSPS) is 14.1. The summed E-state index contributed by atoms with van der Waals surface area (Å²) in [5.74, 6) is 0.720. The predicted octanol–water partition coefficient (Wildman–Crippen LogP) is 4.07. The fourth-order valence-electron chi connectivity index (χ4n) is 4.56. The molecule has 0 bridgehead atoms. The Morgan fingerprint density at radius 3 is 2.74 bits per heavy atom. The van der Waals surface area contributed by atoms with Gasteiger partial charge in [-0.2, -0.15) is 0 Å². The van der Waals surface area contributed by atoms with Gasteiger partial charge in [0.2, 0.25) is 0 Å². The first kappa shape index (κ1) is 25.2. The second-order valence-electron chi connectivity index (χ2n) is 9.03. The van der Waals surface area contributed by atoms with Crippen LogP contribution >= 0.6 is 12.2 Å². The second-order valence-corrected chi connectivity index (χ2v) is 9.42. The molecule has 35 heavy (non-hydrogen) atoms. The van der Waals surface area contributed by atoms with E-state index in [9.17, 15) is 4.79 Å². The Hall–Kier alpha value is -2.94. The summed E-state index contributed by atoms with van der Waals surface area (Å²) < 4.78 is 10.9. The van der Waals surface area contributed by atoms with Gasteiger partial charge in [-0.15, -0.1) is 0 Å². The summed E-state index contributed by atoms with van der Waals surface area (Å²) in [6.07, 6.45) is 0.928. The van der Waals surface area contributed by atoms with Crippen LogP contribution in [0.2, 0.25) is 0 Å². The minimum absolute atomic E-state index is 0.0808. The summed E-state index contributed by atoms with van der Waals surface area (Å²) in [6, 6.07) is 13.9. The van der Waals surface area contributed by atoms with Gasteiger partial charge in [-0.25, -0.2) is 0 Å². The van der Waals surface area contributed by atoms with Crippen LogP contribution in [0.15, 0.2) is 47.3 Å². The van der Waals surface area contributed by atoms with Crippen LogP contribution in [0, 0.1) is 13.8 Å². The van der Waals surface area contributed by atoms with E-state index in [2.05, 4.69) is 39.2 Å². The largest absolute Gasteiger partial charge is 0.495 e. The van der Waals surface area contributed by atoms with Gasteiger partial charge in [-0.3, -0.25) is 9.69 Å². The number of aryl methyl sites for hydroxylation is 2. The third-order valence-electron chi connectivity index (χ3n) is 6.37. The summed E-state index contributed by atoms with van der Waals surface area (Å²) in [4.78, 5) is 20.6. The summed E-state index contributed by atoms with van der Waals surface area (Å²) in [5, 5.41) is 4.93. The molecule has 0 aliphatic carbocycles. The van der Waals surface area contributed by atoms with E-state index in [0.717, 1.165) is 73.7 Å². The van der Waals surface area contributed by atoms with Gasteiger partial charge in [0, 0.05) is 31.7 Å². The van der Waals surface area contributed by atoms with Crippen molar-refractivity contribution in [2.24, 2.45) is 0 Å². The molecule has 1 saturated heterocycles. The van der Waals surface area contributed by atoms with Crippen LogP contribution in [-0.2, 0) is 11.3 Å². The monoisotopic (exact) mass is 494 g/mol. The molecular weight excluding hydrogens is 460 g/mol. The highest BCUT2D eigenvalue weighted by molar-refractivity contribution is 7.80. The third kappa shape index (κ3) is 6.39. The number of aromatic amines is 1. The fraction of sp³-hybridized carbons (Fsp3) is 0.407. The number of pyridine rings is 1. The molecule has 1 aliphatic rings. The van der Waals surface area contributed by atoms with Gasteiger partial charge in [-0.1, -0.05) is 23.8 Å². The first-order chi connectivity index (χ1) is 16.9. The lowest BCUT2D eigenvalue weighted by atomic mass is 10.1. The molecule has 1 fully saturated rings. The number of hydrogen-bond donors (Lipinski definition) is 2. The minimum Gasteiger partial charge on any atom is -0.495 e. The van der Waals surface area contributed by atoms with Gasteiger partial charge in [0.25, 0.3) is 5.56 Å². The molecule has 1 aliphatic heterocycles. The van der Waals surface area contributed by atoms with Gasteiger partial charge in [0.1, 0.15) is 5.75 Å². The number of ether oxygens (including phenoxy) is 2. The van der Waals surface area contributed by atoms with Gasteiger partial charge in [0.15, 0.2) is 5.11 Å². The number of morpholine rings is 1. The maximum absolute atomic E-state index is 13.0. The molecule has 2 N–H and O–H groups in total. The standard InChI is InChI=1S/C27H34N4O3S/c1-19-15-20(2)25-21(16-19)17-22(26(32)29-25)18-31(10-6-9-30-11-13-34-14-12-30)27(35)28-23-7-4-5-8-24(23)33-3/h4-5,7-8,15-17H,6,9-14,18H2,1-3H3,(H,28,35)(H,29,32). The van der Waals surface area contributed by atoms with Crippen LogP contribution < -0.4 is 15.6 Å². The number of aromatic nitrogens is 1. The molecule has 0 saturated carbocycles. The Balaban J connectivity index is 1.56. The number of thiocarbonyl (C=S) groups is 1. The number of anilines is 1. The summed E-state index contributed by atoms with van der Waals surface area (Å²) in [7, 11) is 1.64. The van der Waals surface area contributed by atoms with E-state index in [1.165, 1.54) is 5.56 Å². The van der Waals surface area contributed by atoms with Gasteiger partial charge in [-0.05, 0) is 67.7 Å². The molecule has 186 valence electrons. The second kappa shape index (κ2) is 11.7. The highest BCUT2D eigenvalue weighted by atomic mass is 32.1. The highest BCUT2D eigenvalue weighted by Gasteiger charge is 2.17. The van der Waals surface area contributed by atoms with E-state index < -0.39 is 0 Å². The van der Waals surface area contributed by atoms with Crippen LogP contribution in [-0.4, -0.2) is 66.4 Å². The number of nitrogens with zero attached hydrogens (tertiary/aromatic N) is 2. The lowest BCUT2D eigenvalue weighted by molar-refractivity contribution is 0.0367. The summed E-state index contributed by atoms with van der Waals surface area (Å²) in [5.41, 5.74) is 4.54. The molecule has 0 unspecified atom stereocenters. The summed E-state index contributed by atoms with van der Waals surface area (Å²) >= 11 is 5.83. The Bertz CT molecular complexity index is 1240. The molecule has 4 rings (SSSR count). The maximum atomic E-state index is 13.0. The number of para-hydroxylation sites is 2. The van der Waals surface area contributed by atoms with Crippen molar-refractivity contribution in [2.75, 3.05) is 51.8 Å². The van der Waals surface area contributed by atoms with E-state index in [1.807, 2.05) is 37.3 Å². The number of fused-ring (bicyclic) bond motifs is 1. The average Bonchev–Trinajstić information content (AvgIpc) is 2.85. The smallest absolute Gasteiger partial charge is 0.253 e. The maximum Gasteiger partial charge on any atom is 0.253 e. The molecule has 2 aromatic carbocycles. The van der Waals surface area contributed by atoms with Crippen LogP contribution in [0.1, 0.15) is 23.1 Å². The lowest BCUT2D eigenvalue weighted by Crippen LogP contribution is -2.40. The van der Waals surface area contributed by atoms with Crippen molar-refractivity contribution >= 4 is 33.9 Å². The average molecular weight is 495 g/mol. The first-order valence-electron chi connectivity index (χ1n) is 12.1. The zero-order chi connectivity index (χ0) is 24.8. The zero-order valence-electron chi connectivity index (χ0n) is 20.7. The van der Waals surface area contributed by atoms with Crippen molar-refractivity contribution < 1.29 is 9.47 Å². The van der Waals surface area contributed by atoms with Crippen molar-refractivity contribution in [3.05, 3.63) is 69.5 Å². The lowest BCUT2D eigenvalue weighted by Gasteiger charge is -2.29. The first-order valence-corrected chi connectivity index (χ1v) is 12.5. The number of hydrogen-bond acceptors (Lipinski definition) is 5. The molecule has 2 heterocycles. The number of benzene rings is 2. The summed E-state index contributed by atoms with van der Waals surface area (Å²) in [6.45, 7) is 9.66. The Morgan fingerprint density at radius 1 is 1.20 bits per heavy atom. The van der Waals surface area contributed by atoms with Crippen molar-refractivity contribution in [1.29, 1.82) is 0 Å². The van der Waals surface area contributed by atoms with Crippen molar-refractivity contribution in [2.45, 2.75) is 26.8 Å². The van der Waals surface area contributed by atoms with E-state index in [4.69, 9.17) is 21.7 Å². The molecule has 7 nitrogen and oxygen atoms in total. The van der Waals surface area contributed by atoms with Gasteiger partial charge < -0.3 is 24.7 Å². The molecule has 0 spiro atoms. The molecule has 8 heteroatoms. The van der Waals surface area contributed by atoms with Crippen LogP contribution in [0.5, 0.6) is 5.75 Å². The number of H-pyrrole nitrogens is 1. The SMILES string of the molecule is COc1ccccc1NC(=S)N(CCCN1CCOCC1)Cc1cc2cc(C)cc(C)c2[nH]c1=O. The van der Waals surface area contributed by atoms with Crippen LogP contribution in [0.4, 0.5) is 5.69 Å². The van der Waals surface area contributed by atoms with E-state index >= 15 is 0 Å². The van der Waals surface area contributed by atoms with Crippen molar-refractivity contribution in [1.82, 2.24) is 14.8 Å². The fourth-order valence-corrected chi connectivity index (χ4v) is 4.83. The minimum atomic E-state index is -0.0808. The molecule has 0 amide bonds. The Labute approximate surface area is 212 Å². The Kier molecular flexibility index (Phi) is 8.38. The molecule has 0 atom stereocenters. The zero-order valence-corrected chi connectivity index (χ0v) is 21.5. The molecule has 3 aromatic rings. The van der Waals surface area contributed by atoms with Gasteiger partial charge in [0.05, 0.1) is 38.1 Å². The van der Waals surface area contributed by atoms with Crippen LogP contribution in [0.25, 0.3) is 10.9 Å². The topological polar surface area (TPSA) is 69.8 Å². The van der Waals surface area contributed by atoms with E-state index in [-0.39, 0.29) is 5.56 Å². The Morgan fingerprint density at radius 2 is 1.97 bits per heavy atom. The number of rotatable bonds is 8. The third-order valence-corrected chi connectivity index (χ3v) is 6.73. The predicted molar refractivity (Wildman–Crippen MR) is 146 cm³/mol. The van der Waals surface area contributed by atoms with E-state index in [0.29, 0.717) is 17.2 Å². The molecule has 0 radical (unpaired) electrons. The molecular formula is C27H34N4O3S. The number of methoxy groups -OCH3 is 1. The quantitative estimate of drug-likeness (QED) is 0.458. The van der Waals surface area contributed by atoms with Crippen molar-refractivity contribution in [3.63, 3.8) is 0 Å². The molecule has 1 aromatic heterocycles. The van der Waals surface area contributed by atoms with Gasteiger partial charge >= 0.3 is 0 Å². The number of nitrogens with one attached hydrogen (secondary N) is 2. The van der Waals surface area contributed by atoms with Crippen molar-refractivity contribution in [3.8, 4) is 5.75 Å². The highest BCUT2D eigenvalue weighted by Crippen LogP contribution is 2.24.